The van der Waals surface area contributed by atoms with Crippen LogP contribution in [0.2, 0.25) is 0 Å². The fourth-order valence-corrected chi connectivity index (χ4v) is 4.33. The number of urea groups is 1. The number of aryl methyl sites for hydroxylation is 1. The summed E-state index contributed by atoms with van der Waals surface area (Å²) in [4.78, 5) is 41.0. The van der Waals surface area contributed by atoms with Crippen molar-refractivity contribution in [3.8, 4) is 5.75 Å². The summed E-state index contributed by atoms with van der Waals surface area (Å²) in [6.45, 7) is 3.76. The molecule has 30 heavy (non-hydrogen) atoms. The molecule has 4 amide bonds. The molecule has 0 aromatic heterocycles. The van der Waals surface area contributed by atoms with Gasteiger partial charge in [0.05, 0.1) is 7.11 Å². The van der Waals surface area contributed by atoms with Gasteiger partial charge in [-0.05, 0) is 69.1 Å². The molecule has 1 aliphatic carbocycles. The highest BCUT2D eigenvalue weighted by atomic mass is 16.5. The highest BCUT2D eigenvalue weighted by Gasteiger charge is 2.48. The Bertz CT molecular complexity index is 786. The molecule has 7 heteroatoms. The Labute approximate surface area is 178 Å². The van der Waals surface area contributed by atoms with Crippen molar-refractivity contribution in [3.63, 3.8) is 0 Å². The molecule has 7 nitrogen and oxygen atoms in total. The molecule has 1 aromatic rings. The van der Waals surface area contributed by atoms with Gasteiger partial charge in [-0.2, -0.15) is 0 Å². The van der Waals surface area contributed by atoms with Crippen LogP contribution in [0.4, 0.5) is 4.79 Å². The minimum atomic E-state index is -1.00. The highest BCUT2D eigenvalue weighted by Crippen LogP contribution is 2.27. The van der Waals surface area contributed by atoms with Crippen molar-refractivity contribution in [2.24, 2.45) is 5.92 Å². The van der Waals surface area contributed by atoms with Gasteiger partial charge in [0.25, 0.3) is 5.91 Å². The molecular formula is C23H33N3O4. The van der Waals surface area contributed by atoms with E-state index in [1.807, 2.05) is 24.3 Å². The topological polar surface area (TPSA) is 79.0 Å². The molecule has 1 N–H and O–H groups in total. The summed E-state index contributed by atoms with van der Waals surface area (Å²) in [7, 11) is 3.40. The lowest BCUT2D eigenvalue weighted by atomic mass is 9.87. The van der Waals surface area contributed by atoms with Crippen LogP contribution in [0, 0.1) is 5.92 Å². The van der Waals surface area contributed by atoms with E-state index in [-0.39, 0.29) is 24.4 Å². The molecule has 0 spiro atoms. The first kappa shape index (κ1) is 22.1. The molecule has 0 radical (unpaired) electrons. The number of hydrogen-bond donors (Lipinski definition) is 1. The number of amides is 4. The highest BCUT2D eigenvalue weighted by molar-refractivity contribution is 6.08. The van der Waals surface area contributed by atoms with Gasteiger partial charge in [-0.3, -0.25) is 14.5 Å². The molecule has 0 bridgehead atoms. The summed E-state index contributed by atoms with van der Waals surface area (Å²) in [5, 5.41) is 2.79. The van der Waals surface area contributed by atoms with Gasteiger partial charge in [0.15, 0.2) is 0 Å². The van der Waals surface area contributed by atoms with Crippen molar-refractivity contribution < 1.29 is 19.1 Å². The third-order valence-corrected chi connectivity index (χ3v) is 6.64. The maximum absolute atomic E-state index is 13.0. The van der Waals surface area contributed by atoms with Crippen molar-refractivity contribution in [1.29, 1.82) is 0 Å². The molecule has 2 fully saturated rings. The first-order valence-corrected chi connectivity index (χ1v) is 10.8. The van der Waals surface area contributed by atoms with Crippen LogP contribution < -0.4 is 10.1 Å². The van der Waals surface area contributed by atoms with E-state index in [2.05, 4.69) is 12.2 Å². The number of ether oxygens (including phenoxy) is 1. The lowest BCUT2D eigenvalue weighted by Crippen LogP contribution is -2.47. The fourth-order valence-electron chi connectivity index (χ4n) is 4.33. The Morgan fingerprint density at radius 3 is 2.43 bits per heavy atom. The molecule has 1 aliphatic heterocycles. The number of nitrogens with one attached hydrogen (secondary N) is 1. The van der Waals surface area contributed by atoms with E-state index in [1.54, 1.807) is 26.0 Å². The summed E-state index contributed by atoms with van der Waals surface area (Å²) in [5.74, 6) is 0.955. The molecule has 1 aromatic carbocycles. The molecule has 164 valence electrons. The zero-order valence-electron chi connectivity index (χ0n) is 18.4. The van der Waals surface area contributed by atoms with E-state index >= 15 is 0 Å². The molecule has 1 saturated carbocycles. The number of benzene rings is 1. The number of methoxy groups -OCH3 is 1. The summed E-state index contributed by atoms with van der Waals surface area (Å²) >= 11 is 0. The first-order chi connectivity index (χ1) is 14.2. The third-order valence-electron chi connectivity index (χ3n) is 6.64. The molecule has 1 saturated heterocycles. The van der Waals surface area contributed by atoms with E-state index < -0.39 is 11.6 Å². The summed E-state index contributed by atoms with van der Waals surface area (Å²) in [5.41, 5.74) is 0.0516. The Kier molecular flexibility index (Phi) is 6.68. The van der Waals surface area contributed by atoms with E-state index in [0.717, 1.165) is 41.9 Å². The molecule has 2 aliphatic rings. The monoisotopic (exact) mass is 415 g/mol. The standard InChI is InChI=1S/C23H33N3O4/c1-16-5-9-18(10-6-16)25(3)20(27)15-26-21(28)23(2,24-22(26)29)14-13-17-7-11-19(30-4)12-8-17/h7-8,11-12,16,18H,5-6,9-10,13-15H2,1-4H3,(H,24,29)/t16?,18?,23-/m1/s1. The maximum Gasteiger partial charge on any atom is 0.325 e. The van der Waals surface area contributed by atoms with Crippen molar-refractivity contribution >= 4 is 17.8 Å². The number of hydrogen-bond acceptors (Lipinski definition) is 4. The van der Waals surface area contributed by atoms with Crippen molar-refractivity contribution in [2.75, 3.05) is 20.7 Å². The Morgan fingerprint density at radius 2 is 1.83 bits per heavy atom. The molecule has 1 atom stereocenters. The van der Waals surface area contributed by atoms with Crippen molar-refractivity contribution in [1.82, 2.24) is 15.1 Å². The molecular weight excluding hydrogens is 382 g/mol. The second-order valence-electron chi connectivity index (χ2n) is 8.92. The smallest absolute Gasteiger partial charge is 0.325 e. The van der Waals surface area contributed by atoms with E-state index in [0.29, 0.717) is 18.8 Å². The number of carbonyl (C=O) groups is 3. The number of likely N-dealkylation sites (N-methyl/N-ethyl adjacent to an activating group) is 1. The van der Waals surface area contributed by atoms with Gasteiger partial charge in [0.2, 0.25) is 5.91 Å². The normalized spacial score (nSPS) is 26.5. The van der Waals surface area contributed by atoms with Crippen LogP contribution in [0.25, 0.3) is 0 Å². The van der Waals surface area contributed by atoms with Crippen LogP contribution in [0.5, 0.6) is 5.75 Å². The second-order valence-corrected chi connectivity index (χ2v) is 8.92. The minimum Gasteiger partial charge on any atom is -0.497 e. The third kappa shape index (κ3) is 4.77. The van der Waals surface area contributed by atoms with E-state index in [1.165, 1.54) is 0 Å². The minimum absolute atomic E-state index is 0.183. The number of carbonyl (C=O) groups excluding carboxylic acids is 3. The van der Waals surface area contributed by atoms with E-state index in [9.17, 15) is 14.4 Å². The van der Waals surface area contributed by atoms with Crippen LogP contribution in [-0.4, -0.2) is 59.9 Å². The van der Waals surface area contributed by atoms with Gasteiger partial charge in [0, 0.05) is 13.1 Å². The SMILES string of the molecule is COc1ccc(CC[C@@]2(C)NC(=O)N(CC(=O)N(C)C3CCC(C)CC3)C2=O)cc1. The van der Waals surface area contributed by atoms with Crippen LogP contribution in [0.1, 0.15) is 51.5 Å². The quantitative estimate of drug-likeness (QED) is 0.695. The first-order valence-electron chi connectivity index (χ1n) is 10.8. The van der Waals surface area contributed by atoms with Gasteiger partial charge < -0.3 is 15.0 Å². The van der Waals surface area contributed by atoms with Gasteiger partial charge in [0.1, 0.15) is 17.8 Å². The average molecular weight is 416 g/mol. The zero-order chi connectivity index (χ0) is 21.9. The Balaban J connectivity index is 1.58. The summed E-state index contributed by atoms with van der Waals surface area (Å²) in [6.07, 6.45) is 5.26. The second kappa shape index (κ2) is 9.06. The number of nitrogens with zero attached hydrogens (tertiary/aromatic N) is 2. The molecule has 3 rings (SSSR count). The lowest BCUT2D eigenvalue weighted by Gasteiger charge is -2.34. The summed E-state index contributed by atoms with van der Waals surface area (Å²) < 4.78 is 5.16. The Hall–Kier alpha value is -2.57. The average Bonchev–Trinajstić information content (AvgIpc) is 2.96. The molecule has 0 unspecified atom stereocenters. The van der Waals surface area contributed by atoms with Gasteiger partial charge >= 0.3 is 6.03 Å². The van der Waals surface area contributed by atoms with Crippen molar-refractivity contribution in [3.05, 3.63) is 29.8 Å². The van der Waals surface area contributed by atoms with Crippen LogP contribution in [0.15, 0.2) is 24.3 Å². The maximum atomic E-state index is 13.0. The largest absolute Gasteiger partial charge is 0.497 e. The summed E-state index contributed by atoms with van der Waals surface area (Å²) in [6, 6.07) is 7.35. The lowest BCUT2D eigenvalue weighted by molar-refractivity contribution is -0.139. The van der Waals surface area contributed by atoms with Gasteiger partial charge in [-0.15, -0.1) is 0 Å². The fraction of sp³-hybridized carbons (Fsp3) is 0.609. The van der Waals surface area contributed by atoms with Crippen molar-refractivity contribution in [2.45, 2.75) is 64.0 Å². The van der Waals surface area contributed by atoms with Crippen LogP contribution in [0.3, 0.4) is 0 Å². The van der Waals surface area contributed by atoms with E-state index in [4.69, 9.17) is 4.74 Å². The van der Waals surface area contributed by atoms with Crippen LogP contribution in [-0.2, 0) is 16.0 Å². The predicted molar refractivity (Wildman–Crippen MR) is 114 cm³/mol. The van der Waals surface area contributed by atoms with Crippen LogP contribution >= 0.6 is 0 Å². The van der Waals surface area contributed by atoms with Gasteiger partial charge in [-0.25, -0.2) is 4.79 Å². The Morgan fingerprint density at radius 1 is 1.20 bits per heavy atom. The van der Waals surface area contributed by atoms with Gasteiger partial charge in [-0.1, -0.05) is 19.1 Å². The zero-order valence-corrected chi connectivity index (χ0v) is 18.4. The number of imide groups is 1. The number of rotatable bonds is 7. The molecule has 1 heterocycles. The predicted octanol–water partition coefficient (Wildman–Crippen LogP) is 2.98.